The van der Waals surface area contributed by atoms with Crippen LogP contribution in [0, 0.1) is 5.92 Å². The third-order valence-corrected chi connectivity index (χ3v) is 4.54. The zero-order chi connectivity index (χ0) is 19.3. The highest BCUT2D eigenvalue weighted by Crippen LogP contribution is 2.35. The Bertz CT molecular complexity index is 814. The maximum absolute atomic E-state index is 13.0. The summed E-state index contributed by atoms with van der Waals surface area (Å²) in [6.07, 6.45) is 1.60. The van der Waals surface area contributed by atoms with Gasteiger partial charge in [0.2, 0.25) is 5.90 Å². The van der Waals surface area contributed by atoms with Gasteiger partial charge in [0.25, 0.3) is 0 Å². The van der Waals surface area contributed by atoms with E-state index < -0.39 is 11.6 Å². The van der Waals surface area contributed by atoms with Crippen LogP contribution in [0.3, 0.4) is 0 Å². The largest absolute Gasteiger partial charge is 0.405 e. The van der Waals surface area contributed by atoms with Crippen molar-refractivity contribution in [3.63, 3.8) is 0 Å². The van der Waals surface area contributed by atoms with Gasteiger partial charge in [-0.1, -0.05) is 68.5 Å². The van der Waals surface area contributed by atoms with E-state index in [1.807, 2.05) is 60.7 Å². The van der Waals surface area contributed by atoms with E-state index in [0.29, 0.717) is 18.9 Å². The summed E-state index contributed by atoms with van der Waals surface area (Å²) in [6, 6.07) is 19.3. The van der Waals surface area contributed by atoms with Gasteiger partial charge in [-0.05, 0) is 30.0 Å². The van der Waals surface area contributed by atoms with E-state index in [1.165, 1.54) is 0 Å². The maximum atomic E-state index is 13.0. The van der Waals surface area contributed by atoms with E-state index in [4.69, 9.17) is 14.5 Å². The molecule has 3 rings (SSSR count). The second kappa shape index (κ2) is 8.31. The van der Waals surface area contributed by atoms with Crippen molar-refractivity contribution in [3.05, 3.63) is 84.4 Å². The monoisotopic (exact) mass is 363 g/mol. The number of hydrogen-bond acceptors (Lipinski definition) is 4. The molecule has 0 fully saturated rings. The van der Waals surface area contributed by atoms with Gasteiger partial charge in [-0.3, -0.25) is 0 Å². The lowest BCUT2D eigenvalue weighted by Gasteiger charge is -2.30. The predicted molar refractivity (Wildman–Crippen MR) is 106 cm³/mol. The average molecular weight is 363 g/mol. The highest BCUT2D eigenvalue weighted by atomic mass is 16.6. The average Bonchev–Trinajstić information content (AvgIpc) is 3.00. The Morgan fingerprint density at radius 3 is 2.33 bits per heavy atom. The number of ether oxygens (including phenoxy) is 2. The van der Waals surface area contributed by atoms with Crippen LogP contribution in [0.15, 0.2) is 78.3 Å². The van der Waals surface area contributed by atoms with Crippen LogP contribution >= 0.6 is 0 Å². The summed E-state index contributed by atoms with van der Waals surface area (Å²) < 4.78 is 11.7. The normalized spacial score (nSPS) is 20.3. The number of cyclic esters (lactones) is 1. The molecular weight excluding hydrogens is 338 g/mol. The molecule has 0 bridgehead atoms. The number of carbonyl (C=O) groups is 1. The number of rotatable bonds is 8. The van der Waals surface area contributed by atoms with E-state index in [9.17, 15) is 4.79 Å². The fourth-order valence-corrected chi connectivity index (χ4v) is 3.34. The van der Waals surface area contributed by atoms with Crippen molar-refractivity contribution < 1.29 is 14.3 Å². The Morgan fingerprint density at radius 1 is 1.11 bits per heavy atom. The zero-order valence-corrected chi connectivity index (χ0v) is 15.8. The van der Waals surface area contributed by atoms with Gasteiger partial charge in [0, 0.05) is 5.56 Å². The lowest BCUT2D eigenvalue weighted by atomic mass is 9.84. The first-order chi connectivity index (χ1) is 13.0. The molecule has 0 saturated carbocycles. The Labute approximate surface area is 160 Å². The molecule has 2 aromatic carbocycles. The SMILES string of the molecule is C=C[C@@H](OCc1ccccc1)[C@]1(CC(C)C)N=C(c2ccccc2)OC1=O. The highest BCUT2D eigenvalue weighted by molar-refractivity contribution is 6.08. The van der Waals surface area contributed by atoms with Crippen LogP contribution in [0.2, 0.25) is 0 Å². The summed E-state index contributed by atoms with van der Waals surface area (Å²) in [4.78, 5) is 17.7. The quantitative estimate of drug-likeness (QED) is 0.511. The summed E-state index contributed by atoms with van der Waals surface area (Å²) in [5.41, 5.74) is 0.695. The molecule has 1 heterocycles. The van der Waals surface area contributed by atoms with Gasteiger partial charge in [-0.15, -0.1) is 6.58 Å². The summed E-state index contributed by atoms with van der Waals surface area (Å²) >= 11 is 0. The highest BCUT2D eigenvalue weighted by Gasteiger charge is 2.52. The van der Waals surface area contributed by atoms with Gasteiger partial charge in [0.1, 0.15) is 6.10 Å². The molecule has 1 aliphatic rings. The maximum Gasteiger partial charge on any atom is 0.343 e. The summed E-state index contributed by atoms with van der Waals surface area (Å²) in [5.74, 6) is 0.198. The van der Waals surface area contributed by atoms with Crippen molar-refractivity contribution in [3.8, 4) is 0 Å². The Morgan fingerprint density at radius 2 is 1.74 bits per heavy atom. The first kappa shape index (κ1) is 19.1. The van der Waals surface area contributed by atoms with Gasteiger partial charge < -0.3 is 9.47 Å². The van der Waals surface area contributed by atoms with Crippen molar-refractivity contribution in [1.29, 1.82) is 0 Å². The van der Waals surface area contributed by atoms with E-state index in [0.717, 1.165) is 11.1 Å². The molecule has 0 aromatic heterocycles. The van der Waals surface area contributed by atoms with E-state index >= 15 is 0 Å². The molecule has 0 unspecified atom stereocenters. The van der Waals surface area contributed by atoms with Crippen LogP contribution < -0.4 is 0 Å². The number of nitrogens with zero attached hydrogens (tertiary/aromatic N) is 1. The molecule has 0 aliphatic carbocycles. The van der Waals surface area contributed by atoms with Gasteiger partial charge in [-0.25, -0.2) is 9.79 Å². The molecule has 4 nitrogen and oxygen atoms in total. The number of esters is 1. The molecule has 0 saturated heterocycles. The third-order valence-electron chi connectivity index (χ3n) is 4.54. The standard InChI is InChI=1S/C23H25NO3/c1-4-20(26-16-18-11-7-5-8-12-18)23(15-17(2)3)22(25)27-21(24-23)19-13-9-6-10-14-19/h4-14,17,20H,1,15-16H2,2-3H3/t20-,23+/m1/s1. The van der Waals surface area contributed by atoms with Crippen LogP contribution in [0.5, 0.6) is 0 Å². The molecule has 2 aromatic rings. The zero-order valence-electron chi connectivity index (χ0n) is 15.8. The topological polar surface area (TPSA) is 47.9 Å². The number of carbonyl (C=O) groups excluding carboxylic acids is 1. The molecule has 1 aliphatic heterocycles. The first-order valence-electron chi connectivity index (χ1n) is 9.21. The van der Waals surface area contributed by atoms with E-state index in [1.54, 1.807) is 6.08 Å². The summed E-state index contributed by atoms with van der Waals surface area (Å²) in [6.45, 7) is 8.39. The second-order valence-electron chi connectivity index (χ2n) is 7.15. The molecule has 140 valence electrons. The van der Waals surface area contributed by atoms with Crippen LogP contribution in [0.1, 0.15) is 31.4 Å². The first-order valence-corrected chi connectivity index (χ1v) is 9.21. The minimum atomic E-state index is -1.12. The molecule has 0 spiro atoms. The number of hydrogen-bond donors (Lipinski definition) is 0. The van der Waals surface area contributed by atoms with Gasteiger partial charge >= 0.3 is 5.97 Å². The van der Waals surface area contributed by atoms with Crippen LogP contribution in [-0.2, 0) is 20.9 Å². The fraction of sp³-hybridized carbons (Fsp3) is 0.304. The van der Waals surface area contributed by atoms with Crippen molar-refractivity contribution in [1.82, 2.24) is 0 Å². The van der Waals surface area contributed by atoms with Crippen molar-refractivity contribution in [2.45, 2.75) is 38.5 Å². The Kier molecular flexibility index (Phi) is 5.87. The molecule has 0 N–H and O–H groups in total. The smallest absolute Gasteiger partial charge is 0.343 e. The predicted octanol–water partition coefficient (Wildman–Crippen LogP) is 4.55. The lowest BCUT2D eigenvalue weighted by molar-refractivity contribution is -0.144. The molecule has 2 atom stereocenters. The molecular formula is C23H25NO3. The van der Waals surface area contributed by atoms with E-state index in [-0.39, 0.29) is 11.9 Å². The molecule has 27 heavy (non-hydrogen) atoms. The summed E-state index contributed by atoms with van der Waals surface area (Å²) in [5, 5.41) is 0. The summed E-state index contributed by atoms with van der Waals surface area (Å²) in [7, 11) is 0. The van der Waals surface area contributed by atoms with Crippen molar-refractivity contribution in [2.24, 2.45) is 10.9 Å². The number of benzene rings is 2. The molecule has 4 heteroatoms. The fourth-order valence-electron chi connectivity index (χ4n) is 3.34. The van der Waals surface area contributed by atoms with Crippen molar-refractivity contribution >= 4 is 11.9 Å². The minimum absolute atomic E-state index is 0.235. The van der Waals surface area contributed by atoms with Gasteiger partial charge in [0.15, 0.2) is 5.54 Å². The van der Waals surface area contributed by atoms with Crippen molar-refractivity contribution in [2.75, 3.05) is 0 Å². The van der Waals surface area contributed by atoms with Gasteiger partial charge in [-0.2, -0.15) is 0 Å². The lowest BCUT2D eigenvalue weighted by Crippen LogP contribution is -2.47. The van der Waals surface area contributed by atoms with Crippen LogP contribution in [0.4, 0.5) is 0 Å². The van der Waals surface area contributed by atoms with Gasteiger partial charge in [0.05, 0.1) is 6.61 Å². The van der Waals surface area contributed by atoms with Crippen LogP contribution in [0.25, 0.3) is 0 Å². The van der Waals surface area contributed by atoms with E-state index in [2.05, 4.69) is 20.4 Å². The molecule has 0 radical (unpaired) electrons. The second-order valence-corrected chi connectivity index (χ2v) is 7.15. The Hall–Kier alpha value is -2.72. The number of aliphatic imine (C=N–C) groups is 1. The third kappa shape index (κ3) is 4.17. The Balaban J connectivity index is 1.91. The molecule has 0 amide bonds. The van der Waals surface area contributed by atoms with Crippen LogP contribution in [-0.4, -0.2) is 23.5 Å². The minimum Gasteiger partial charge on any atom is -0.405 e.